The van der Waals surface area contributed by atoms with Gasteiger partial charge in [0.2, 0.25) is 0 Å². The molecule has 0 unspecified atom stereocenters. The van der Waals surface area contributed by atoms with Crippen molar-refractivity contribution in [1.29, 1.82) is 0 Å². The van der Waals surface area contributed by atoms with Crippen molar-refractivity contribution in [2.24, 2.45) is 0 Å². The summed E-state index contributed by atoms with van der Waals surface area (Å²) in [7, 11) is 0. The molecule has 1 N–H and O–H groups in total. The normalized spacial score (nSPS) is 19.0. The van der Waals surface area contributed by atoms with Crippen LogP contribution in [0.25, 0.3) is 0 Å². The van der Waals surface area contributed by atoms with Gasteiger partial charge in [0, 0.05) is 17.5 Å². The highest BCUT2D eigenvalue weighted by Gasteiger charge is 2.42. The van der Waals surface area contributed by atoms with Gasteiger partial charge >= 0.3 is 12.2 Å². The molecule has 2 rings (SSSR count). The van der Waals surface area contributed by atoms with Crippen LogP contribution in [0.5, 0.6) is 5.75 Å². The van der Waals surface area contributed by atoms with E-state index in [2.05, 4.69) is 5.32 Å². The van der Waals surface area contributed by atoms with Crippen molar-refractivity contribution in [3.63, 3.8) is 0 Å². The highest BCUT2D eigenvalue weighted by Crippen LogP contribution is 2.44. The van der Waals surface area contributed by atoms with Crippen LogP contribution in [0.3, 0.4) is 0 Å². The topological polar surface area (TPSA) is 73.9 Å². The van der Waals surface area contributed by atoms with Crippen molar-refractivity contribution in [1.82, 2.24) is 5.32 Å². The first-order chi connectivity index (χ1) is 11.8. The predicted octanol–water partition coefficient (Wildman–Crippen LogP) is 4.38. The molecule has 0 bridgehead atoms. The fourth-order valence-electron chi connectivity index (χ4n) is 2.46. The largest absolute Gasteiger partial charge is 0.513 e. The molecule has 138 valence electrons. The van der Waals surface area contributed by atoms with Gasteiger partial charge in [0.1, 0.15) is 11.4 Å². The molecule has 0 aliphatic heterocycles. The van der Waals surface area contributed by atoms with Gasteiger partial charge in [0.15, 0.2) is 0 Å². The number of alkyl carbamates (subject to hydrolysis) is 1. The Morgan fingerprint density at radius 1 is 1.24 bits per heavy atom. The molecule has 1 aliphatic carbocycles. The third kappa shape index (κ3) is 6.29. The van der Waals surface area contributed by atoms with Crippen LogP contribution in [0.1, 0.15) is 58.4 Å². The minimum absolute atomic E-state index is 0.0179. The lowest BCUT2D eigenvalue weighted by molar-refractivity contribution is 0.0522. The first-order valence-electron chi connectivity index (χ1n) is 8.73. The maximum Gasteiger partial charge on any atom is 0.513 e. The minimum atomic E-state index is -0.696. The van der Waals surface area contributed by atoms with Crippen LogP contribution >= 0.6 is 0 Å². The van der Waals surface area contributed by atoms with Crippen LogP contribution in [0.2, 0.25) is 0 Å². The number of carbonyl (C=O) groups is 2. The summed E-state index contributed by atoms with van der Waals surface area (Å²) in [6, 6.07) is 7.30. The third-order valence-electron chi connectivity index (χ3n) is 3.72. The lowest BCUT2D eigenvalue weighted by Crippen LogP contribution is -2.34. The standard InChI is InChI=1S/C19H27NO5/c1-5-6-11-23-18(22)24-16-10-8-7-9-13(16)14-12-15(14)20-17(21)25-19(2,3)4/h7-10,14-15H,5-6,11-12H2,1-4H3,(H,20,21)/t14-,15+/m0/s1. The third-order valence-corrected chi connectivity index (χ3v) is 3.72. The maximum atomic E-state index is 11.9. The SMILES string of the molecule is CCCCOC(=O)Oc1ccccc1[C@@H]1C[C@H]1NC(=O)OC(C)(C)C. The number of benzene rings is 1. The smallest absolute Gasteiger partial charge is 0.444 e. The lowest BCUT2D eigenvalue weighted by Gasteiger charge is -2.19. The molecule has 1 aliphatic rings. The molecule has 6 nitrogen and oxygen atoms in total. The minimum Gasteiger partial charge on any atom is -0.444 e. The van der Waals surface area contributed by atoms with Gasteiger partial charge in [0.25, 0.3) is 0 Å². The number of nitrogens with one attached hydrogen (secondary N) is 1. The molecule has 0 aromatic heterocycles. The predicted molar refractivity (Wildman–Crippen MR) is 93.8 cm³/mol. The molecular weight excluding hydrogens is 322 g/mol. The van der Waals surface area contributed by atoms with Gasteiger partial charge in [-0.25, -0.2) is 9.59 Å². The molecule has 0 radical (unpaired) electrons. The monoisotopic (exact) mass is 349 g/mol. The molecule has 1 amide bonds. The van der Waals surface area contributed by atoms with Crippen LogP contribution in [-0.4, -0.2) is 30.5 Å². The van der Waals surface area contributed by atoms with Crippen LogP contribution in [0.15, 0.2) is 24.3 Å². The molecule has 25 heavy (non-hydrogen) atoms. The molecule has 0 heterocycles. The van der Waals surface area contributed by atoms with E-state index in [1.54, 1.807) is 12.1 Å². The van der Waals surface area contributed by atoms with Crippen molar-refractivity contribution >= 4 is 12.2 Å². The summed E-state index contributed by atoms with van der Waals surface area (Å²) in [4.78, 5) is 23.6. The Hall–Kier alpha value is -2.24. The molecule has 1 aromatic carbocycles. The van der Waals surface area contributed by atoms with E-state index >= 15 is 0 Å². The van der Waals surface area contributed by atoms with Gasteiger partial charge < -0.3 is 19.5 Å². The lowest BCUT2D eigenvalue weighted by atomic mass is 10.1. The van der Waals surface area contributed by atoms with Gasteiger partial charge in [-0.05, 0) is 39.7 Å². The van der Waals surface area contributed by atoms with E-state index in [0.29, 0.717) is 12.4 Å². The van der Waals surface area contributed by atoms with E-state index in [9.17, 15) is 9.59 Å². The molecular formula is C19H27NO5. The summed E-state index contributed by atoms with van der Waals surface area (Å²) >= 11 is 0. The number of hydrogen-bond acceptors (Lipinski definition) is 5. The number of rotatable bonds is 6. The number of unbranched alkanes of at least 4 members (excludes halogenated alkanes) is 1. The molecule has 1 aromatic rings. The van der Waals surface area contributed by atoms with Gasteiger partial charge in [0.05, 0.1) is 6.61 Å². The van der Waals surface area contributed by atoms with Gasteiger partial charge in [-0.1, -0.05) is 31.5 Å². The van der Waals surface area contributed by atoms with Crippen molar-refractivity contribution < 1.29 is 23.8 Å². The number of amides is 1. The second kappa shape index (κ2) is 8.23. The molecule has 2 atom stereocenters. The zero-order chi connectivity index (χ0) is 18.4. The Morgan fingerprint density at radius 3 is 2.64 bits per heavy atom. The zero-order valence-corrected chi connectivity index (χ0v) is 15.3. The average Bonchev–Trinajstić information content (AvgIpc) is 3.25. The molecule has 1 fully saturated rings. The van der Waals surface area contributed by atoms with E-state index in [4.69, 9.17) is 14.2 Å². The van der Waals surface area contributed by atoms with Crippen LogP contribution in [-0.2, 0) is 9.47 Å². The van der Waals surface area contributed by atoms with E-state index in [0.717, 1.165) is 24.8 Å². The molecule has 0 spiro atoms. The zero-order valence-electron chi connectivity index (χ0n) is 15.3. The summed E-state index contributed by atoms with van der Waals surface area (Å²) in [5.41, 5.74) is 0.355. The second-order valence-electron chi connectivity index (χ2n) is 7.19. The summed E-state index contributed by atoms with van der Waals surface area (Å²) in [6.45, 7) is 7.84. The second-order valence-corrected chi connectivity index (χ2v) is 7.19. The fraction of sp³-hybridized carbons (Fsp3) is 0.579. The van der Waals surface area contributed by atoms with Crippen molar-refractivity contribution in [3.05, 3.63) is 29.8 Å². The van der Waals surface area contributed by atoms with Gasteiger partial charge in [-0.2, -0.15) is 0 Å². The van der Waals surface area contributed by atoms with Crippen molar-refractivity contribution in [3.8, 4) is 5.75 Å². The molecule has 0 saturated heterocycles. The Morgan fingerprint density at radius 2 is 1.96 bits per heavy atom. The van der Waals surface area contributed by atoms with E-state index in [1.165, 1.54) is 0 Å². The Labute approximate surface area is 148 Å². The Kier molecular flexibility index (Phi) is 6.28. The fourth-order valence-corrected chi connectivity index (χ4v) is 2.46. The summed E-state index contributed by atoms with van der Waals surface area (Å²) in [5.74, 6) is 0.578. The summed E-state index contributed by atoms with van der Waals surface area (Å²) in [6.07, 6.45) is 1.41. The van der Waals surface area contributed by atoms with Gasteiger partial charge in [-0.3, -0.25) is 0 Å². The highest BCUT2D eigenvalue weighted by molar-refractivity contribution is 5.69. The van der Waals surface area contributed by atoms with E-state index in [1.807, 2.05) is 39.8 Å². The average molecular weight is 349 g/mol. The van der Waals surface area contributed by atoms with Crippen LogP contribution in [0.4, 0.5) is 9.59 Å². The number of para-hydroxylation sites is 1. The maximum absolute atomic E-state index is 11.9. The quantitative estimate of drug-likeness (QED) is 0.468. The number of ether oxygens (including phenoxy) is 3. The molecule has 1 saturated carbocycles. The van der Waals surface area contributed by atoms with Crippen LogP contribution in [0, 0.1) is 0 Å². The Balaban J connectivity index is 1.91. The summed E-state index contributed by atoms with van der Waals surface area (Å²) in [5, 5.41) is 2.85. The van der Waals surface area contributed by atoms with Crippen molar-refractivity contribution in [2.45, 2.75) is 64.5 Å². The van der Waals surface area contributed by atoms with Gasteiger partial charge in [-0.15, -0.1) is 0 Å². The summed E-state index contributed by atoms with van der Waals surface area (Å²) < 4.78 is 15.6. The van der Waals surface area contributed by atoms with E-state index in [-0.39, 0.29) is 12.0 Å². The van der Waals surface area contributed by atoms with E-state index < -0.39 is 17.8 Å². The first-order valence-corrected chi connectivity index (χ1v) is 8.73. The Bertz CT molecular complexity index is 608. The van der Waals surface area contributed by atoms with Crippen molar-refractivity contribution in [2.75, 3.05) is 6.61 Å². The number of carbonyl (C=O) groups excluding carboxylic acids is 2. The van der Waals surface area contributed by atoms with Crippen LogP contribution < -0.4 is 10.1 Å². The first kappa shape index (κ1) is 19.1. The molecule has 6 heteroatoms. The number of hydrogen-bond donors (Lipinski definition) is 1. The highest BCUT2D eigenvalue weighted by atomic mass is 16.7.